The Bertz CT molecular complexity index is 391. The van der Waals surface area contributed by atoms with Crippen molar-refractivity contribution < 1.29 is 9.47 Å². The molecular weight excluding hydrogens is 262 g/mol. The first kappa shape index (κ1) is 17.8. The van der Waals surface area contributed by atoms with Crippen LogP contribution in [0.1, 0.15) is 70.4 Å². The third-order valence-electron chi connectivity index (χ3n) is 3.72. The highest BCUT2D eigenvalue weighted by molar-refractivity contribution is 5.42. The van der Waals surface area contributed by atoms with Gasteiger partial charge in [-0.25, -0.2) is 0 Å². The summed E-state index contributed by atoms with van der Waals surface area (Å²) in [4.78, 5) is 0. The van der Waals surface area contributed by atoms with Gasteiger partial charge in [-0.2, -0.15) is 0 Å². The third-order valence-corrected chi connectivity index (χ3v) is 3.72. The van der Waals surface area contributed by atoms with Gasteiger partial charge in [-0.3, -0.25) is 0 Å². The number of unbranched alkanes of at least 4 members (excludes halogenated alkanes) is 6. The summed E-state index contributed by atoms with van der Waals surface area (Å²) in [5.41, 5.74) is 7.02. The average Bonchev–Trinajstić information content (AvgIpc) is 2.49. The van der Waals surface area contributed by atoms with Gasteiger partial charge in [-0.1, -0.05) is 51.5 Å². The van der Waals surface area contributed by atoms with Crippen LogP contribution in [0.5, 0.6) is 11.5 Å². The van der Waals surface area contributed by atoms with Crippen molar-refractivity contribution in [1.82, 2.24) is 0 Å². The predicted molar refractivity (Wildman–Crippen MR) is 89.1 cm³/mol. The second-order valence-corrected chi connectivity index (χ2v) is 5.66. The first-order valence-corrected chi connectivity index (χ1v) is 8.25. The number of rotatable bonds is 11. The second kappa shape index (κ2) is 10.5. The summed E-state index contributed by atoms with van der Waals surface area (Å²) < 4.78 is 11.2. The fourth-order valence-corrected chi connectivity index (χ4v) is 2.38. The number of benzene rings is 1. The molecule has 3 nitrogen and oxygen atoms in total. The Hall–Kier alpha value is -1.22. The predicted octanol–water partition coefficient (Wildman–Crippen LogP) is 4.84. The van der Waals surface area contributed by atoms with Crippen LogP contribution in [-0.2, 0) is 0 Å². The highest BCUT2D eigenvalue weighted by atomic mass is 16.5. The topological polar surface area (TPSA) is 44.5 Å². The molecule has 0 saturated carbocycles. The number of ether oxygens (including phenoxy) is 2. The fourth-order valence-electron chi connectivity index (χ4n) is 2.38. The summed E-state index contributed by atoms with van der Waals surface area (Å²) >= 11 is 0. The minimum Gasteiger partial charge on any atom is -0.497 e. The Kier molecular flexibility index (Phi) is 8.91. The lowest BCUT2D eigenvalue weighted by Crippen LogP contribution is -2.09. The molecule has 0 aromatic heterocycles. The van der Waals surface area contributed by atoms with Crippen molar-refractivity contribution >= 4 is 0 Å². The Morgan fingerprint density at radius 1 is 1.05 bits per heavy atom. The lowest BCUT2D eigenvalue weighted by molar-refractivity contribution is 0.298. The minimum absolute atomic E-state index is 0.0278. The third kappa shape index (κ3) is 6.85. The summed E-state index contributed by atoms with van der Waals surface area (Å²) in [6.07, 6.45) is 9.02. The normalized spacial score (nSPS) is 12.2. The van der Waals surface area contributed by atoms with E-state index in [4.69, 9.17) is 15.2 Å². The molecule has 3 heteroatoms. The molecule has 1 atom stereocenters. The minimum atomic E-state index is -0.0278. The van der Waals surface area contributed by atoms with E-state index in [2.05, 4.69) is 6.92 Å². The highest BCUT2D eigenvalue weighted by Gasteiger charge is 2.09. The van der Waals surface area contributed by atoms with E-state index in [1.165, 1.54) is 38.5 Å². The zero-order valence-corrected chi connectivity index (χ0v) is 13.9. The van der Waals surface area contributed by atoms with Crippen molar-refractivity contribution in [2.45, 2.75) is 64.8 Å². The van der Waals surface area contributed by atoms with Gasteiger partial charge >= 0.3 is 0 Å². The molecule has 0 aliphatic heterocycles. The maximum absolute atomic E-state index is 5.98. The molecular formula is C18H31NO2. The van der Waals surface area contributed by atoms with Crippen molar-refractivity contribution in [1.29, 1.82) is 0 Å². The number of hydrogen-bond acceptors (Lipinski definition) is 3. The zero-order chi connectivity index (χ0) is 15.5. The summed E-state index contributed by atoms with van der Waals surface area (Å²) in [5.74, 6) is 1.67. The number of nitrogens with two attached hydrogens (primary N) is 1. The van der Waals surface area contributed by atoms with E-state index in [1.54, 1.807) is 7.11 Å². The van der Waals surface area contributed by atoms with Gasteiger partial charge in [0.15, 0.2) is 0 Å². The van der Waals surface area contributed by atoms with E-state index in [9.17, 15) is 0 Å². The van der Waals surface area contributed by atoms with Crippen molar-refractivity contribution in [2.24, 2.45) is 5.73 Å². The van der Waals surface area contributed by atoms with Gasteiger partial charge in [0.2, 0.25) is 0 Å². The maximum atomic E-state index is 5.98. The van der Waals surface area contributed by atoms with Crippen LogP contribution in [0.2, 0.25) is 0 Å². The molecule has 0 heterocycles. The highest BCUT2D eigenvalue weighted by Crippen LogP contribution is 2.28. The molecule has 1 rings (SSSR count). The molecule has 0 saturated heterocycles. The summed E-state index contributed by atoms with van der Waals surface area (Å²) in [6, 6.07) is 5.82. The Morgan fingerprint density at radius 3 is 2.33 bits per heavy atom. The van der Waals surface area contributed by atoms with Crippen LogP contribution in [-0.4, -0.2) is 13.7 Å². The van der Waals surface area contributed by atoms with Crippen molar-refractivity contribution in [2.75, 3.05) is 13.7 Å². The van der Waals surface area contributed by atoms with Crippen LogP contribution in [0.3, 0.4) is 0 Å². The van der Waals surface area contributed by atoms with E-state index in [-0.39, 0.29) is 6.04 Å². The molecule has 0 radical (unpaired) electrons. The molecule has 1 aromatic carbocycles. The average molecular weight is 293 g/mol. The molecule has 21 heavy (non-hydrogen) atoms. The van der Waals surface area contributed by atoms with E-state index >= 15 is 0 Å². The smallest absolute Gasteiger partial charge is 0.127 e. The van der Waals surface area contributed by atoms with E-state index in [0.717, 1.165) is 30.1 Å². The summed E-state index contributed by atoms with van der Waals surface area (Å²) in [7, 11) is 1.67. The Morgan fingerprint density at radius 2 is 1.71 bits per heavy atom. The molecule has 0 spiro atoms. The van der Waals surface area contributed by atoms with Crippen molar-refractivity contribution in [3.8, 4) is 11.5 Å². The first-order valence-electron chi connectivity index (χ1n) is 8.25. The van der Waals surface area contributed by atoms with E-state index in [1.807, 2.05) is 25.1 Å². The van der Waals surface area contributed by atoms with Crippen LogP contribution >= 0.6 is 0 Å². The molecule has 0 unspecified atom stereocenters. The molecule has 120 valence electrons. The quantitative estimate of drug-likeness (QED) is 0.593. The fraction of sp³-hybridized carbons (Fsp3) is 0.667. The van der Waals surface area contributed by atoms with Gasteiger partial charge in [0, 0.05) is 17.7 Å². The van der Waals surface area contributed by atoms with Gasteiger partial charge in [-0.05, 0) is 19.4 Å². The standard InChI is InChI=1S/C18H31NO2/c1-4-5-6-7-8-9-10-13-21-18-14-16(20-3)11-12-17(18)15(2)19/h11-12,14-15H,4-10,13,19H2,1-3H3/t15-/m0/s1. The lowest BCUT2D eigenvalue weighted by Gasteiger charge is -2.15. The zero-order valence-electron chi connectivity index (χ0n) is 13.9. The van der Waals surface area contributed by atoms with Gasteiger partial charge in [0.1, 0.15) is 11.5 Å². The molecule has 0 aliphatic carbocycles. The van der Waals surface area contributed by atoms with Crippen LogP contribution in [0.4, 0.5) is 0 Å². The SMILES string of the molecule is CCCCCCCCCOc1cc(OC)ccc1[C@H](C)N. The van der Waals surface area contributed by atoms with Crippen LogP contribution in [0.15, 0.2) is 18.2 Å². The lowest BCUT2D eigenvalue weighted by atomic mass is 10.1. The maximum Gasteiger partial charge on any atom is 0.127 e. The molecule has 0 amide bonds. The largest absolute Gasteiger partial charge is 0.497 e. The molecule has 0 bridgehead atoms. The van der Waals surface area contributed by atoms with Crippen molar-refractivity contribution in [3.63, 3.8) is 0 Å². The molecule has 2 N–H and O–H groups in total. The summed E-state index contributed by atoms with van der Waals surface area (Å²) in [5, 5.41) is 0. The van der Waals surface area contributed by atoms with Crippen LogP contribution < -0.4 is 15.2 Å². The van der Waals surface area contributed by atoms with E-state index < -0.39 is 0 Å². The van der Waals surface area contributed by atoms with Gasteiger partial charge in [0.05, 0.1) is 13.7 Å². The van der Waals surface area contributed by atoms with Gasteiger partial charge in [0.25, 0.3) is 0 Å². The van der Waals surface area contributed by atoms with Crippen LogP contribution in [0.25, 0.3) is 0 Å². The second-order valence-electron chi connectivity index (χ2n) is 5.66. The van der Waals surface area contributed by atoms with Gasteiger partial charge in [-0.15, -0.1) is 0 Å². The Labute approximate surface area is 129 Å². The van der Waals surface area contributed by atoms with Crippen LogP contribution in [0, 0.1) is 0 Å². The molecule has 0 aliphatic rings. The summed E-state index contributed by atoms with van der Waals surface area (Å²) in [6.45, 7) is 4.97. The first-order chi connectivity index (χ1) is 10.2. The number of methoxy groups -OCH3 is 1. The van der Waals surface area contributed by atoms with E-state index in [0.29, 0.717) is 0 Å². The molecule has 0 fully saturated rings. The monoisotopic (exact) mass is 293 g/mol. The molecule has 1 aromatic rings. The Balaban J connectivity index is 2.33. The number of hydrogen-bond donors (Lipinski definition) is 1. The van der Waals surface area contributed by atoms with Gasteiger partial charge < -0.3 is 15.2 Å². The van der Waals surface area contributed by atoms with Crippen molar-refractivity contribution in [3.05, 3.63) is 23.8 Å².